The fraction of sp³-hybridized carbons (Fsp3) is 0.591. The van der Waals surface area contributed by atoms with Crippen molar-refractivity contribution in [2.75, 3.05) is 5.32 Å². The van der Waals surface area contributed by atoms with Gasteiger partial charge in [-0.25, -0.2) is 0 Å². The second-order valence-electron chi connectivity index (χ2n) is 8.79. The van der Waals surface area contributed by atoms with Gasteiger partial charge in [-0.05, 0) is 68.9 Å². The molecule has 1 aliphatic heterocycles. The number of likely N-dealkylation sites (tertiary alicyclic amines) is 1. The van der Waals surface area contributed by atoms with Crippen molar-refractivity contribution in [3.63, 3.8) is 0 Å². The topological polar surface area (TPSA) is 66.5 Å². The summed E-state index contributed by atoms with van der Waals surface area (Å²) >= 11 is 0. The van der Waals surface area contributed by atoms with Gasteiger partial charge in [0.1, 0.15) is 0 Å². The van der Waals surface area contributed by atoms with Crippen molar-refractivity contribution in [2.24, 2.45) is 29.6 Å². The number of nitrogens with zero attached hydrogens (tertiary/aromatic N) is 1. The van der Waals surface area contributed by atoms with Gasteiger partial charge in [0.2, 0.25) is 17.7 Å². The predicted molar refractivity (Wildman–Crippen MR) is 100 cm³/mol. The Labute approximate surface area is 159 Å². The highest BCUT2D eigenvalue weighted by atomic mass is 16.2. The summed E-state index contributed by atoms with van der Waals surface area (Å²) in [5.74, 6) is 1.01. The van der Waals surface area contributed by atoms with Crippen LogP contribution in [0.5, 0.6) is 0 Å². The average molecular weight is 366 g/mol. The monoisotopic (exact) mass is 366 g/mol. The molecule has 27 heavy (non-hydrogen) atoms. The molecule has 142 valence electrons. The van der Waals surface area contributed by atoms with Gasteiger partial charge >= 0.3 is 0 Å². The van der Waals surface area contributed by atoms with Crippen LogP contribution in [0.3, 0.4) is 0 Å². The Morgan fingerprint density at radius 3 is 2.04 bits per heavy atom. The van der Waals surface area contributed by atoms with E-state index in [2.05, 4.69) is 5.32 Å². The van der Waals surface area contributed by atoms with Crippen molar-refractivity contribution in [2.45, 2.75) is 51.0 Å². The number of para-hydroxylation sites is 1. The Hall–Kier alpha value is -2.17. The van der Waals surface area contributed by atoms with Crippen molar-refractivity contribution in [1.82, 2.24) is 4.90 Å². The molecule has 1 aromatic carbocycles. The largest absolute Gasteiger partial charge is 0.326 e. The molecule has 5 rings (SSSR count). The van der Waals surface area contributed by atoms with Gasteiger partial charge in [-0.1, -0.05) is 18.2 Å². The van der Waals surface area contributed by atoms with Gasteiger partial charge in [0.25, 0.3) is 0 Å². The molecule has 3 saturated carbocycles. The van der Waals surface area contributed by atoms with Gasteiger partial charge in [0.15, 0.2) is 0 Å². The van der Waals surface area contributed by atoms with Crippen LogP contribution >= 0.6 is 0 Å². The number of hydrogen-bond acceptors (Lipinski definition) is 3. The molecule has 1 heterocycles. The summed E-state index contributed by atoms with van der Waals surface area (Å²) in [7, 11) is 0. The maximum absolute atomic E-state index is 13.0. The van der Waals surface area contributed by atoms with Gasteiger partial charge in [-0.15, -0.1) is 0 Å². The molecule has 0 unspecified atom stereocenters. The lowest BCUT2D eigenvalue weighted by molar-refractivity contribution is -0.144. The van der Waals surface area contributed by atoms with Crippen molar-refractivity contribution >= 4 is 23.4 Å². The zero-order valence-corrected chi connectivity index (χ0v) is 15.5. The van der Waals surface area contributed by atoms with E-state index in [0.29, 0.717) is 11.8 Å². The zero-order valence-electron chi connectivity index (χ0n) is 15.5. The van der Waals surface area contributed by atoms with E-state index in [1.54, 1.807) is 4.90 Å². The number of carbonyl (C=O) groups is 3. The molecule has 1 saturated heterocycles. The molecule has 4 fully saturated rings. The molecule has 5 nitrogen and oxygen atoms in total. The number of carbonyl (C=O) groups excluding carboxylic acids is 3. The summed E-state index contributed by atoms with van der Waals surface area (Å²) in [6.45, 7) is 0. The number of anilines is 1. The summed E-state index contributed by atoms with van der Waals surface area (Å²) in [6, 6.07) is 9.50. The third-order valence-corrected chi connectivity index (χ3v) is 7.44. The molecule has 0 aromatic heterocycles. The van der Waals surface area contributed by atoms with Gasteiger partial charge < -0.3 is 5.32 Å². The minimum Gasteiger partial charge on any atom is -0.326 e. The fourth-order valence-electron chi connectivity index (χ4n) is 6.15. The van der Waals surface area contributed by atoms with Crippen LogP contribution in [0.2, 0.25) is 0 Å². The fourth-order valence-corrected chi connectivity index (χ4v) is 6.15. The van der Waals surface area contributed by atoms with E-state index < -0.39 is 0 Å². The van der Waals surface area contributed by atoms with Crippen LogP contribution in [0.15, 0.2) is 30.3 Å². The van der Waals surface area contributed by atoms with Crippen LogP contribution in [-0.4, -0.2) is 28.7 Å². The van der Waals surface area contributed by atoms with Crippen LogP contribution in [0.1, 0.15) is 44.9 Å². The number of imide groups is 1. The standard InChI is InChI=1S/C22H26N2O3/c25-20(23-16-4-2-1-3-5-16)13-8-10-17(11-9-13)24-21(26)18-14-6-7-15(12-14)19(18)22(24)27/h1-5,13-15,17-19H,6-12H2,(H,23,25)/t13?,14-,15-,17?,18-,19-/m0/s1. The SMILES string of the molecule is O=C(Nc1ccccc1)C1CCC(N2C(=O)[C@H]3[C@H]4CC[C@@H](C4)[C@@H]3C2=O)CC1. The predicted octanol–water partition coefficient (Wildman–Crippen LogP) is 3.22. The molecule has 5 heteroatoms. The van der Waals surface area contributed by atoms with E-state index in [1.807, 2.05) is 30.3 Å². The first kappa shape index (κ1) is 17.0. The second-order valence-corrected chi connectivity index (χ2v) is 8.79. The molecule has 3 aliphatic carbocycles. The van der Waals surface area contributed by atoms with Gasteiger partial charge in [-0.3, -0.25) is 19.3 Å². The van der Waals surface area contributed by atoms with Crippen LogP contribution < -0.4 is 5.32 Å². The van der Waals surface area contributed by atoms with Crippen LogP contribution in [0.4, 0.5) is 5.69 Å². The lowest BCUT2D eigenvalue weighted by Gasteiger charge is -2.33. The number of amides is 3. The Balaban J connectivity index is 1.22. The molecule has 0 spiro atoms. The highest BCUT2D eigenvalue weighted by molar-refractivity contribution is 6.06. The van der Waals surface area contributed by atoms with Gasteiger partial charge in [0, 0.05) is 17.6 Å². The van der Waals surface area contributed by atoms with Gasteiger partial charge in [0.05, 0.1) is 11.8 Å². The highest BCUT2D eigenvalue weighted by Crippen LogP contribution is 2.56. The van der Waals surface area contributed by atoms with E-state index >= 15 is 0 Å². The molecule has 0 radical (unpaired) electrons. The molecule has 4 aliphatic rings. The average Bonchev–Trinajstić information content (AvgIpc) is 3.37. The number of hydrogen-bond donors (Lipinski definition) is 1. The van der Waals surface area contributed by atoms with E-state index in [0.717, 1.165) is 50.6 Å². The number of benzene rings is 1. The second kappa shape index (κ2) is 6.47. The first-order valence-electron chi connectivity index (χ1n) is 10.4. The third kappa shape index (κ3) is 2.70. The number of rotatable bonds is 3. The van der Waals surface area contributed by atoms with Crippen molar-refractivity contribution < 1.29 is 14.4 Å². The molecule has 4 atom stereocenters. The molecular formula is C22H26N2O3. The summed E-state index contributed by atoms with van der Waals surface area (Å²) < 4.78 is 0. The normalized spacial score (nSPS) is 37.6. The zero-order chi connectivity index (χ0) is 18.5. The minimum absolute atomic E-state index is 0.00391. The molecular weight excluding hydrogens is 340 g/mol. The van der Waals surface area contributed by atoms with Gasteiger partial charge in [-0.2, -0.15) is 0 Å². The summed E-state index contributed by atoms with van der Waals surface area (Å²) in [4.78, 5) is 40.1. The Morgan fingerprint density at radius 2 is 1.44 bits per heavy atom. The smallest absolute Gasteiger partial charge is 0.233 e. The summed E-state index contributed by atoms with van der Waals surface area (Å²) in [5.41, 5.74) is 0.817. The van der Waals surface area contributed by atoms with E-state index in [4.69, 9.17) is 0 Å². The van der Waals surface area contributed by atoms with Crippen LogP contribution in [0.25, 0.3) is 0 Å². The number of fused-ring (bicyclic) bond motifs is 5. The van der Waals surface area contributed by atoms with E-state index in [-0.39, 0.29) is 41.5 Å². The van der Waals surface area contributed by atoms with Crippen LogP contribution in [0, 0.1) is 29.6 Å². The molecule has 1 aromatic rings. The summed E-state index contributed by atoms with van der Waals surface area (Å²) in [6.07, 6.45) is 6.28. The highest BCUT2D eigenvalue weighted by Gasteiger charge is 2.61. The Morgan fingerprint density at radius 1 is 0.852 bits per heavy atom. The summed E-state index contributed by atoms with van der Waals surface area (Å²) in [5, 5.41) is 2.98. The maximum atomic E-state index is 13.0. The van der Waals surface area contributed by atoms with E-state index in [9.17, 15) is 14.4 Å². The third-order valence-electron chi connectivity index (χ3n) is 7.44. The van der Waals surface area contributed by atoms with Crippen molar-refractivity contribution in [3.05, 3.63) is 30.3 Å². The first-order chi connectivity index (χ1) is 13.1. The molecule has 3 amide bonds. The van der Waals surface area contributed by atoms with Crippen molar-refractivity contribution in [1.29, 1.82) is 0 Å². The molecule has 1 N–H and O–H groups in total. The Kier molecular flexibility index (Phi) is 4.06. The minimum atomic E-state index is -0.0371. The Bertz CT molecular complexity index is 741. The van der Waals surface area contributed by atoms with E-state index in [1.165, 1.54) is 0 Å². The number of nitrogens with one attached hydrogen (secondary N) is 1. The quantitative estimate of drug-likeness (QED) is 0.836. The first-order valence-corrected chi connectivity index (χ1v) is 10.4. The van der Waals surface area contributed by atoms with Crippen LogP contribution in [-0.2, 0) is 14.4 Å². The lowest BCUT2D eigenvalue weighted by Crippen LogP contribution is -2.44. The molecule has 2 bridgehead atoms. The van der Waals surface area contributed by atoms with Crippen molar-refractivity contribution in [3.8, 4) is 0 Å². The maximum Gasteiger partial charge on any atom is 0.233 e. The lowest BCUT2D eigenvalue weighted by atomic mass is 9.81.